The van der Waals surface area contributed by atoms with Crippen LogP contribution in [0.15, 0.2) is 77.7 Å². The van der Waals surface area contributed by atoms with Crippen molar-refractivity contribution in [2.45, 2.75) is 11.3 Å². The van der Waals surface area contributed by atoms with Gasteiger partial charge in [0.25, 0.3) is 5.91 Å². The molecule has 156 valence electrons. The summed E-state index contributed by atoms with van der Waals surface area (Å²) in [7, 11) is 0.895. The van der Waals surface area contributed by atoms with E-state index in [9.17, 15) is 13.2 Å². The average molecular weight is 425 g/mol. The minimum atomic E-state index is -3.62. The van der Waals surface area contributed by atoms with E-state index >= 15 is 0 Å². The molecule has 3 aromatic carbocycles. The van der Waals surface area contributed by atoms with E-state index in [2.05, 4.69) is 5.32 Å². The van der Waals surface area contributed by atoms with E-state index in [1.807, 2.05) is 36.4 Å². The number of hydrogen-bond acceptors (Lipinski definition) is 4. The standard InChI is InChI=1S/C23H24N2O4S/c1-25(2)30(27,28)21-11-7-10-18(16-21)23(26)24-20-12-13-22(29-3)19(15-20)14-17-8-5-4-6-9-17/h4-13,15-16H,14H2,1-3H3,(H,24,26). The molecule has 0 heterocycles. The third kappa shape index (κ3) is 4.87. The SMILES string of the molecule is COc1ccc(NC(=O)c2cccc(S(=O)(=O)N(C)C)c2)cc1Cc1ccccc1. The van der Waals surface area contributed by atoms with Gasteiger partial charge in [-0.3, -0.25) is 4.79 Å². The molecule has 0 saturated carbocycles. The van der Waals surface area contributed by atoms with Crippen LogP contribution in [0.2, 0.25) is 0 Å². The van der Waals surface area contributed by atoms with Crippen molar-refractivity contribution in [3.05, 3.63) is 89.5 Å². The highest BCUT2D eigenvalue weighted by atomic mass is 32.2. The van der Waals surface area contributed by atoms with E-state index in [1.165, 1.54) is 26.2 Å². The molecule has 30 heavy (non-hydrogen) atoms. The summed E-state index contributed by atoms with van der Waals surface area (Å²) in [5.74, 6) is 0.345. The number of amides is 1. The van der Waals surface area contributed by atoms with Crippen LogP contribution in [0.4, 0.5) is 5.69 Å². The molecule has 0 saturated heterocycles. The van der Waals surface area contributed by atoms with Crippen LogP contribution in [-0.4, -0.2) is 39.8 Å². The summed E-state index contributed by atoms with van der Waals surface area (Å²) in [6.45, 7) is 0. The van der Waals surface area contributed by atoms with Crippen molar-refractivity contribution in [3.8, 4) is 5.75 Å². The summed E-state index contributed by atoms with van der Waals surface area (Å²) in [5.41, 5.74) is 2.93. The van der Waals surface area contributed by atoms with Gasteiger partial charge in [0, 0.05) is 37.3 Å². The molecule has 1 amide bonds. The number of anilines is 1. The average Bonchev–Trinajstić information content (AvgIpc) is 2.74. The number of nitrogens with one attached hydrogen (secondary N) is 1. The van der Waals surface area contributed by atoms with E-state index in [4.69, 9.17) is 4.74 Å². The molecule has 0 radical (unpaired) electrons. The number of rotatable bonds is 7. The molecule has 0 bridgehead atoms. The van der Waals surface area contributed by atoms with Crippen molar-refractivity contribution < 1.29 is 17.9 Å². The Labute approximate surface area is 177 Å². The molecule has 0 atom stereocenters. The molecule has 1 N–H and O–H groups in total. The van der Waals surface area contributed by atoms with E-state index in [1.54, 1.807) is 31.4 Å². The van der Waals surface area contributed by atoms with Crippen molar-refractivity contribution in [2.75, 3.05) is 26.5 Å². The van der Waals surface area contributed by atoms with Crippen LogP contribution in [0.25, 0.3) is 0 Å². The van der Waals surface area contributed by atoms with Gasteiger partial charge in [-0.2, -0.15) is 0 Å². The fourth-order valence-electron chi connectivity index (χ4n) is 3.02. The lowest BCUT2D eigenvalue weighted by atomic mass is 10.0. The molecule has 7 heteroatoms. The number of methoxy groups -OCH3 is 1. The zero-order chi connectivity index (χ0) is 21.7. The van der Waals surface area contributed by atoms with Gasteiger partial charge in [-0.25, -0.2) is 12.7 Å². The van der Waals surface area contributed by atoms with Gasteiger partial charge in [-0.1, -0.05) is 36.4 Å². The molecule has 6 nitrogen and oxygen atoms in total. The molecule has 3 rings (SSSR count). The van der Waals surface area contributed by atoms with E-state index in [0.29, 0.717) is 12.1 Å². The Morgan fingerprint density at radius 3 is 2.37 bits per heavy atom. The number of benzene rings is 3. The Balaban J connectivity index is 1.84. The van der Waals surface area contributed by atoms with Gasteiger partial charge >= 0.3 is 0 Å². The summed E-state index contributed by atoms with van der Waals surface area (Å²) in [6, 6.07) is 21.4. The number of carbonyl (C=O) groups excluding carboxylic acids is 1. The highest BCUT2D eigenvalue weighted by Gasteiger charge is 2.19. The molecule has 0 unspecified atom stereocenters. The van der Waals surface area contributed by atoms with Gasteiger partial charge in [0.05, 0.1) is 12.0 Å². The second-order valence-corrected chi connectivity index (χ2v) is 9.11. The Hall–Kier alpha value is -3.16. The Morgan fingerprint density at radius 2 is 1.70 bits per heavy atom. The summed E-state index contributed by atoms with van der Waals surface area (Å²) in [5, 5.41) is 2.84. The largest absolute Gasteiger partial charge is 0.496 e. The smallest absolute Gasteiger partial charge is 0.255 e. The topological polar surface area (TPSA) is 75.7 Å². The maximum Gasteiger partial charge on any atom is 0.255 e. The summed E-state index contributed by atoms with van der Waals surface area (Å²) < 4.78 is 31.2. The Kier molecular flexibility index (Phi) is 6.54. The van der Waals surface area contributed by atoms with Crippen LogP contribution in [0.3, 0.4) is 0 Å². The monoisotopic (exact) mass is 424 g/mol. The van der Waals surface area contributed by atoms with Gasteiger partial charge in [0.2, 0.25) is 10.0 Å². The van der Waals surface area contributed by atoms with Crippen LogP contribution in [0, 0.1) is 0 Å². The van der Waals surface area contributed by atoms with Gasteiger partial charge in [-0.15, -0.1) is 0 Å². The molecule has 0 spiro atoms. The van der Waals surface area contributed by atoms with Crippen LogP contribution >= 0.6 is 0 Å². The first-order valence-corrected chi connectivity index (χ1v) is 10.8. The Morgan fingerprint density at radius 1 is 0.967 bits per heavy atom. The lowest BCUT2D eigenvalue weighted by Crippen LogP contribution is -2.22. The second-order valence-electron chi connectivity index (χ2n) is 6.96. The normalized spacial score (nSPS) is 11.3. The number of nitrogens with zero attached hydrogens (tertiary/aromatic N) is 1. The first kappa shape index (κ1) is 21.5. The summed E-state index contributed by atoms with van der Waals surface area (Å²) >= 11 is 0. The van der Waals surface area contributed by atoms with Gasteiger partial charge < -0.3 is 10.1 Å². The quantitative estimate of drug-likeness (QED) is 0.626. The van der Waals surface area contributed by atoms with Crippen molar-refractivity contribution in [2.24, 2.45) is 0 Å². The van der Waals surface area contributed by atoms with Crippen molar-refractivity contribution in [3.63, 3.8) is 0 Å². The molecule has 0 fully saturated rings. The van der Waals surface area contributed by atoms with Crippen LogP contribution in [0.5, 0.6) is 5.75 Å². The maximum absolute atomic E-state index is 12.7. The third-order valence-corrected chi connectivity index (χ3v) is 6.46. The zero-order valence-corrected chi connectivity index (χ0v) is 17.9. The van der Waals surface area contributed by atoms with Gasteiger partial charge in [0.1, 0.15) is 5.75 Å². The molecule has 0 aliphatic rings. The maximum atomic E-state index is 12.7. The molecular weight excluding hydrogens is 400 g/mol. The van der Waals surface area contributed by atoms with Crippen LogP contribution in [-0.2, 0) is 16.4 Å². The zero-order valence-electron chi connectivity index (χ0n) is 17.1. The molecule has 0 aliphatic carbocycles. The van der Waals surface area contributed by atoms with Crippen LogP contribution in [0.1, 0.15) is 21.5 Å². The third-order valence-electron chi connectivity index (χ3n) is 4.65. The fraction of sp³-hybridized carbons (Fsp3) is 0.174. The van der Waals surface area contributed by atoms with E-state index in [-0.39, 0.29) is 16.4 Å². The molecular formula is C23H24N2O4S. The second kappa shape index (κ2) is 9.11. The lowest BCUT2D eigenvalue weighted by Gasteiger charge is -2.13. The number of carbonyl (C=O) groups is 1. The first-order chi connectivity index (χ1) is 14.3. The summed E-state index contributed by atoms with van der Waals surface area (Å²) in [6.07, 6.45) is 0.657. The highest BCUT2D eigenvalue weighted by Crippen LogP contribution is 2.26. The molecule has 0 aromatic heterocycles. The Bertz CT molecular complexity index is 1140. The fourth-order valence-corrected chi connectivity index (χ4v) is 3.97. The minimum Gasteiger partial charge on any atom is -0.496 e. The van der Waals surface area contributed by atoms with Gasteiger partial charge in [0.15, 0.2) is 0 Å². The first-order valence-electron chi connectivity index (χ1n) is 9.36. The minimum absolute atomic E-state index is 0.0691. The van der Waals surface area contributed by atoms with Crippen LogP contribution < -0.4 is 10.1 Å². The van der Waals surface area contributed by atoms with Crippen molar-refractivity contribution >= 4 is 21.6 Å². The highest BCUT2D eigenvalue weighted by molar-refractivity contribution is 7.89. The van der Waals surface area contributed by atoms with Crippen molar-refractivity contribution in [1.82, 2.24) is 4.31 Å². The number of sulfonamides is 1. The predicted molar refractivity (Wildman–Crippen MR) is 118 cm³/mol. The molecule has 3 aromatic rings. The van der Waals surface area contributed by atoms with Crippen molar-refractivity contribution in [1.29, 1.82) is 0 Å². The van der Waals surface area contributed by atoms with Gasteiger partial charge in [-0.05, 0) is 42.0 Å². The van der Waals surface area contributed by atoms with E-state index < -0.39 is 10.0 Å². The van der Waals surface area contributed by atoms with E-state index in [0.717, 1.165) is 21.2 Å². The predicted octanol–water partition coefficient (Wildman–Crippen LogP) is 3.79. The lowest BCUT2D eigenvalue weighted by molar-refractivity contribution is 0.102. The number of hydrogen-bond donors (Lipinski definition) is 1. The molecule has 0 aliphatic heterocycles. The summed E-state index contributed by atoms with van der Waals surface area (Å²) in [4.78, 5) is 12.8. The number of ether oxygens (including phenoxy) is 1.